The molecule has 1 amide bonds. The fraction of sp³-hybridized carbons (Fsp3) is 0.240. The van der Waals surface area contributed by atoms with Crippen LogP contribution in [0.5, 0.6) is 0 Å². The summed E-state index contributed by atoms with van der Waals surface area (Å²) in [5.41, 5.74) is 3.95. The van der Waals surface area contributed by atoms with Crippen LogP contribution in [0, 0.1) is 0 Å². The van der Waals surface area contributed by atoms with Crippen LogP contribution in [0.3, 0.4) is 0 Å². The van der Waals surface area contributed by atoms with Gasteiger partial charge in [-0.1, -0.05) is 18.2 Å². The normalized spacial score (nSPS) is 16.8. The summed E-state index contributed by atoms with van der Waals surface area (Å²) in [7, 11) is 0. The van der Waals surface area contributed by atoms with Gasteiger partial charge in [0.15, 0.2) is 5.13 Å². The van der Waals surface area contributed by atoms with Gasteiger partial charge < -0.3 is 9.47 Å². The number of pyridine rings is 1. The zero-order chi connectivity index (χ0) is 21.9. The minimum absolute atomic E-state index is 0.0264. The first-order chi connectivity index (χ1) is 15.7. The van der Waals surface area contributed by atoms with Crippen molar-refractivity contribution in [2.45, 2.75) is 31.8 Å². The predicted octanol–water partition coefficient (Wildman–Crippen LogP) is 5.54. The molecular formula is C25H25N5OS. The van der Waals surface area contributed by atoms with Gasteiger partial charge in [0.25, 0.3) is 5.91 Å². The number of hydrogen-bond donors (Lipinski definition) is 1. The van der Waals surface area contributed by atoms with Gasteiger partial charge in [0.2, 0.25) is 0 Å². The quantitative estimate of drug-likeness (QED) is 0.425. The third-order valence-corrected chi connectivity index (χ3v) is 6.82. The SMILES string of the molecule is CC(c1ccncc1)n1cccc1C(=O)Nc1nc([C@H]2CCCN2c2ccccc2)cs1. The summed E-state index contributed by atoms with van der Waals surface area (Å²) >= 11 is 1.48. The van der Waals surface area contributed by atoms with Crippen LogP contribution in [0.1, 0.15) is 53.6 Å². The van der Waals surface area contributed by atoms with E-state index >= 15 is 0 Å². The van der Waals surface area contributed by atoms with E-state index in [1.165, 1.54) is 17.0 Å². The lowest BCUT2D eigenvalue weighted by molar-refractivity contribution is 0.101. The van der Waals surface area contributed by atoms with Gasteiger partial charge >= 0.3 is 0 Å². The molecular weight excluding hydrogens is 418 g/mol. The fourth-order valence-electron chi connectivity index (χ4n) is 4.39. The van der Waals surface area contributed by atoms with Crippen molar-refractivity contribution in [2.24, 2.45) is 0 Å². The Balaban J connectivity index is 1.32. The molecule has 2 atom stereocenters. The summed E-state index contributed by atoms with van der Waals surface area (Å²) < 4.78 is 1.98. The molecule has 6 nitrogen and oxygen atoms in total. The number of thiazole rings is 1. The molecule has 0 aliphatic carbocycles. The first-order valence-corrected chi connectivity index (χ1v) is 11.7. The number of rotatable bonds is 6. The fourth-order valence-corrected chi connectivity index (χ4v) is 5.14. The number of nitrogens with one attached hydrogen (secondary N) is 1. The van der Waals surface area contributed by atoms with Gasteiger partial charge in [0, 0.05) is 36.2 Å². The zero-order valence-electron chi connectivity index (χ0n) is 17.9. The van der Waals surface area contributed by atoms with Crippen molar-refractivity contribution in [3.8, 4) is 0 Å². The standard InChI is InChI=1S/C25H25N5OS/c1-18(19-11-13-26-14-12-19)29-15-6-10-23(29)24(31)28-25-27-21(17-32-25)22-9-5-16-30(22)20-7-3-2-4-8-20/h2-4,6-8,10-15,17-18,22H,5,9,16H2,1H3,(H,27,28,31)/t18?,22-/m1/s1. The molecule has 1 unspecified atom stereocenters. The molecule has 0 radical (unpaired) electrons. The molecule has 1 saturated heterocycles. The highest BCUT2D eigenvalue weighted by atomic mass is 32.1. The molecule has 32 heavy (non-hydrogen) atoms. The van der Waals surface area contributed by atoms with E-state index in [2.05, 4.69) is 51.8 Å². The van der Waals surface area contributed by atoms with Crippen LogP contribution < -0.4 is 10.2 Å². The lowest BCUT2D eigenvalue weighted by Crippen LogP contribution is -2.23. The van der Waals surface area contributed by atoms with Crippen molar-refractivity contribution in [2.75, 3.05) is 16.8 Å². The second kappa shape index (κ2) is 8.96. The molecule has 1 aliphatic heterocycles. The average molecular weight is 444 g/mol. The number of anilines is 2. The molecule has 0 bridgehead atoms. The predicted molar refractivity (Wildman–Crippen MR) is 128 cm³/mol. The number of aromatic nitrogens is 3. The van der Waals surface area contributed by atoms with Crippen molar-refractivity contribution >= 4 is 28.1 Å². The topological polar surface area (TPSA) is 63.1 Å². The first-order valence-electron chi connectivity index (χ1n) is 10.9. The number of carbonyl (C=O) groups is 1. The van der Waals surface area contributed by atoms with Crippen LogP contribution in [-0.4, -0.2) is 27.0 Å². The Morgan fingerprint density at radius 1 is 1.12 bits per heavy atom. The molecule has 1 N–H and O–H groups in total. The molecule has 3 aromatic heterocycles. The Hall–Kier alpha value is -3.45. The minimum atomic E-state index is -0.150. The van der Waals surface area contributed by atoms with E-state index in [0.29, 0.717) is 10.8 Å². The van der Waals surface area contributed by atoms with E-state index in [9.17, 15) is 4.79 Å². The van der Waals surface area contributed by atoms with Crippen molar-refractivity contribution < 1.29 is 4.79 Å². The molecule has 0 saturated carbocycles. The van der Waals surface area contributed by atoms with Gasteiger partial charge in [0.1, 0.15) is 5.69 Å². The third-order valence-electron chi connectivity index (χ3n) is 6.04. The maximum atomic E-state index is 13.1. The Bertz CT molecular complexity index is 1190. The lowest BCUT2D eigenvalue weighted by atomic mass is 10.1. The van der Waals surface area contributed by atoms with Crippen molar-refractivity contribution in [3.05, 3.63) is 95.5 Å². The second-order valence-electron chi connectivity index (χ2n) is 7.98. The van der Waals surface area contributed by atoms with Gasteiger partial charge in [0.05, 0.1) is 17.8 Å². The smallest absolute Gasteiger partial charge is 0.274 e. The summed E-state index contributed by atoms with van der Waals surface area (Å²) in [5, 5.41) is 5.71. The van der Waals surface area contributed by atoms with Crippen LogP contribution in [0.2, 0.25) is 0 Å². The monoisotopic (exact) mass is 443 g/mol. The summed E-state index contributed by atoms with van der Waals surface area (Å²) in [5.74, 6) is -0.150. The Morgan fingerprint density at radius 3 is 2.75 bits per heavy atom. The maximum Gasteiger partial charge on any atom is 0.274 e. The maximum absolute atomic E-state index is 13.1. The lowest BCUT2D eigenvalue weighted by Gasteiger charge is -2.25. The number of hydrogen-bond acceptors (Lipinski definition) is 5. The highest BCUT2D eigenvalue weighted by molar-refractivity contribution is 7.14. The highest BCUT2D eigenvalue weighted by Gasteiger charge is 2.28. The van der Waals surface area contributed by atoms with Gasteiger partial charge in [-0.15, -0.1) is 11.3 Å². The number of carbonyl (C=O) groups excluding carboxylic acids is 1. The summed E-state index contributed by atoms with van der Waals surface area (Å²) in [4.78, 5) is 24.3. The van der Waals surface area contributed by atoms with Gasteiger partial charge in [-0.25, -0.2) is 4.98 Å². The number of para-hydroxylation sites is 1. The van der Waals surface area contributed by atoms with Crippen LogP contribution in [0.15, 0.2) is 78.6 Å². The second-order valence-corrected chi connectivity index (χ2v) is 8.83. The Morgan fingerprint density at radius 2 is 1.94 bits per heavy atom. The van der Waals surface area contributed by atoms with Gasteiger partial charge in [-0.3, -0.25) is 15.1 Å². The van der Waals surface area contributed by atoms with E-state index < -0.39 is 0 Å². The summed E-state index contributed by atoms with van der Waals surface area (Å²) in [6, 6.07) is 18.4. The number of nitrogens with zero attached hydrogens (tertiary/aromatic N) is 4. The van der Waals surface area contributed by atoms with Crippen LogP contribution in [-0.2, 0) is 0 Å². The van der Waals surface area contributed by atoms with Crippen LogP contribution in [0.4, 0.5) is 10.8 Å². The van der Waals surface area contributed by atoms with E-state index in [1.54, 1.807) is 12.4 Å². The van der Waals surface area contributed by atoms with Crippen molar-refractivity contribution in [1.82, 2.24) is 14.5 Å². The molecule has 7 heteroatoms. The molecule has 4 aromatic rings. The summed E-state index contributed by atoms with van der Waals surface area (Å²) in [6.07, 6.45) is 7.68. The molecule has 1 aliphatic rings. The van der Waals surface area contributed by atoms with Crippen LogP contribution in [0.25, 0.3) is 0 Å². The third kappa shape index (κ3) is 4.03. The molecule has 1 aromatic carbocycles. The van der Waals surface area contributed by atoms with E-state index in [0.717, 1.165) is 30.6 Å². The largest absolute Gasteiger partial charge is 0.363 e. The van der Waals surface area contributed by atoms with Gasteiger partial charge in [-0.05, 0) is 61.7 Å². The average Bonchev–Trinajstić information content (AvgIpc) is 3.60. The summed E-state index contributed by atoms with van der Waals surface area (Å²) in [6.45, 7) is 3.10. The van der Waals surface area contributed by atoms with Crippen molar-refractivity contribution in [1.29, 1.82) is 0 Å². The highest BCUT2D eigenvalue weighted by Crippen LogP contribution is 2.37. The van der Waals surface area contributed by atoms with E-state index in [1.807, 2.05) is 41.1 Å². The van der Waals surface area contributed by atoms with E-state index in [-0.39, 0.29) is 18.0 Å². The number of amides is 1. The van der Waals surface area contributed by atoms with Crippen LogP contribution >= 0.6 is 11.3 Å². The first kappa shape index (κ1) is 20.5. The molecule has 1 fully saturated rings. The van der Waals surface area contributed by atoms with Crippen molar-refractivity contribution in [3.63, 3.8) is 0 Å². The van der Waals surface area contributed by atoms with E-state index in [4.69, 9.17) is 4.98 Å². The Labute approximate surface area is 191 Å². The van der Waals surface area contributed by atoms with Gasteiger partial charge in [-0.2, -0.15) is 0 Å². The molecule has 162 valence electrons. The number of benzene rings is 1. The molecule has 5 rings (SSSR count). The molecule has 0 spiro atoms. The Kier molecular flexibility index (Phi) is 5.73. The minimum Gasteiger partial charge on any atom is -0.363 e. The zero-order valence-corrected chi connectivity index (χ0v) is 18.7. The molecule has 4 heterocycles.